The normalized spacial score (nSPS) is 27.5. The summed E-state index contributed by atoms with van der Waals surface area (Å²) in [7, 11) is 3.32. The summed E-state index contributed by atoms with van der Waals surface area (Å²) in [4.78, 5) is 27.8. The molecule has 1 aliphatic heterocycles. The summed E-state index contributed by atoms with van der Waals surface area (Å²) >= 11 is 5.99. The van der Waals surface area contributed by atoms with E-state index in [0.29, 0.717) is 56.8 Å². The number of hydrogen-bond donors (Lipinski definition) is 0. The van der Waals surface area contributed by atoms with Crippen LogP contribution in [0.2, 0.25) is 0 Å². The molecule has 0 radical (unpaired) electrons. The fraction of sp³-hybridized carbons (Fsp3) is 0.500. The van der Waals surface area contributed by atoms with Crippen molar-refractivity contribution in [2.24, 2.45) is 0 Å². The van der Waals surface area contributed by atoms with Crippen LogP contribution in [0.1, 0.15) is 49.3 Å². The highest BCUT2D eigenvalue weighted by molar-refractivity contribution is 6.19. The van der Waals surface area contributed by atoms with Crippen molar-refractivity contribution in [3.05, 3.63) is 59.2 Å². The van der Waals surface area contributed by atoms with E-state index in [-0.39, 0.29) is 11.8 Å². The van der Waals surface area contributed by atoms with E-state index in [4.69, 9.17) is 30.5 Å². The molecular weight excluding hydrogens is 482 g/mol. The fourth-order valence-electron chi connectivity index (χ4n) is 6.76. The number of benzene rings is 2. The number of methoxy groups -OCH3 is 2. The Kier molecular flexibility index (Phi) is 6.64. The van der Waals surface area contributed by atoms with E-state index in [2.05, 4.69) is 0 Å². The number of halogens is 1. The maximum Gasteiger partial charge on any atom is 0.411 e. The second-order valence-electron chi connectivity index (χ2n) is 9.89. The van der Waals surface area contributed by atoms with E-state index in [1.165, 1.54) is 0 Å². The molecule has 2 aliphatic carbocycles. The van der Waals surface area contributed by atoms with Crippen molar-refractivity contribution in [3.8, 4) is 11.5 Å². The summed E-state index contributed by atoms with van der Waals surface area (Å²) in [5.41, 5.74) is 0.913. The quantitative estimate of drug-likeness (QED) is 0.506. The SMILES string of the molecule is COc1c(OCc2ccccc2)ccc2c1[C@]13CCN(C(=O)OC(C)Cl)[C@@H](C2)[C@]1(OC)CCC(=O)C3. The summed E-state index contributed by atoms with van der Waals surface area (Å²) in [5, 5.41) is 0. The van der Waals surface area contributed by atoms with Crippen molar-refractivity contribution < 1.29 is 28.5 Å². The van der Waals surface area contributed by atoms with Gasteiger partial charge in [-0.3, -0.25) is 4.79 Å². The summed E-state index contributed by atoms with van der Waals surface area (Å²) in [6.07, 6.45) is 1.90. The maximum atomic E-state index is 13.1. The molecule has 8 heteroatoms. The Bertz CT molecular complexity index is 1150. The van der Waals surface area contributed by atoms with Gasteiger partial charge in [0.2, 0.25) is 0 Å². The number of hydrogen-bond acceptors (Lipinski definition) is 6. The zero-order valence-corrected chi connectivity index (χ0v) is 21.7. The first-order chi connectivity index (χ1) is 17.3. The lowest BCUT2D eigenvalue weighted by molar-refractivity contribution is -0.182. The smallest absolute Gasteiger partial charge is 0.411 e. The highest BCUT2D eigenvalue weighted by atomic mass is 35.5. The monoisotopic (exact) mass is 513 g/mol. The van der Waals surface area contributed by atoms with Crippen LogP contribution in [-0.4, -0.2) is 54.7 Å². The molecule has 3 aliphatic rings. The van der Waals surface area contributed by atoms with Crippen LogP contribution in [0, 0.1) is 0 Å². The second kappa shape index (κ2) is 9.60. The van der Waals surface area contributed by atoms with E-state index in [1.807, 2.05) is 42.5 Å². The molecule has 4 atom stereocenters. The molecule has 192 valence electrons. The van der Waals surface area contributed by atoms with Gasteiger partial charge in [-0.25, -0.2) is 4.79 Å². The Morgan fingerprint density at radius 2 is 1.94 bits per heavy atom. The first kappa shape index (κ1) is 24.9. The van der Waals surface area contributed by atoms with Crippen molar-refractivity contribution in [3.63, 3.8) is 0 Å². The zero-order valence-electron chi connectivity index (χ0n) is 20.9. The van der Waals surface area contributed by atoms with Crippen molar-refractivity contribution in [1.29, 1.82) is 0 Å². The summed E-state index contributed by atoms with van der Waals surface area (Å²) < 4.78 is 24.0. The minimum Gasteiger partial charge on any atom is -0.493 e. The third-order valence-electron chi connectivity index (χ3n) is 8.18. The standard InChI is InChI=1S/C28H32ClNO6/c1-18(29)36-26(32)30-14-13-27-16-21(31)11-12-28(27,34-3)23(30)15-20-9-10-22(25(33-2)24(20)27)35-17-19-7-5-4-6-8-19/h4-10,18,23H,11-17H2,1-3H3/t18?,23-,27+,28+/m0/s1. The van der Waals surface area contributed by atoms with Crippen molar-refractivity contribution in [2.75, 3.05) is 20.8 Å². The first-order valence-electron chi connectivity index (χ1n) is 12.4. The number of likely N-dealkylation sites (tertiary alicyclic amines) is 1. The highest BCUT2D eigenvalue weighted by Crippen LogP contribution is 2.62. The highest BCUT2D eigenvalue weighted by Gasteiger charge is 2.67. The van der Waals surface area contributed by atoms with Crippen LogP contribution in [0.4, 0.5) is 4.79 Å². The van der Waals surface area contributed by atoms with E-state index < -0.39 is 22.7 Å². The molecule has 1 heterocycles. The predicted octanol–water partition coefficient (Wildman–Crippen LogP) is 5.00. The van der Waals surface area contributed by atoms with Gasteiger partial charge >= 0.3 is 6.09 Å². The van der Waals surface area contributed by atoms with Crippen molar-refractivity contribution in [2.45, 2.75) is 68.3 Å². The number of ether oxygens (including phenoxy) is 4. The lowest BCUT2D eigenvalue weighted by atomic mass is 9.49. The Balaban J connectivity index is 1.61. The molecule has 2 fully saturated rings. The third kappa shape index (κ3) is 3.84. The number of nitrogens with zero attached hydrogens (tertiary/aromatic N) is 1. The summed E-state index contributed by atoms with van der Waals surface area (Å²) in [6, 6.07) is 13.6. The minimum atomic E-state index is -0.758. The largest absolute Gasteiger partial charge is 0.493 e. The maximum absolute atomic E-state index is 13.1. The number of amides is 1. The van der Waals surface area contributed by atoms with Gasteiger partial charge in [0.15, 0.2) is 17.1 Å². The molecule has 1 unspecified atom stereocenters. The van der Waals surface area contributed by atoms with Crippen LogP contribution in [0.3, 0.4) is 0 Å². The van der Waals surface area contributed by atoms with Gasteiger partial charge < -0.3 is 23.8 Å². The Hall–Kier alpha value is -2.77. The van der Waals surface area contributed by atoms with Gasteiger partial charge in [0.1, 0.15) is 12.4 Å². The van der Waals surface area contributed by atoms with Gasteiger partial charge in [-0.05, 0) is 43.4 Å². The van der Waals surface area contributed by atoms with Crippen LogP contribution in [0.15, 0.2) is 42.5 Å². The topological polar surface area (TPSA) is 74.3 Å². The van der Waals surface area contributed by atoms with Gasteiger partial charge in [-0.2, -0.15) is 0 Å². The second-order valence-corrected chi connectivity index (χ2v) is 10.5. The van der Waals surface area contributed by atoms with Crippen molar-refractivity contribution in [1.82, 2.24) is 4.90 Å². The van der Waals surface area contributed by atoms with Gasteiger partial charge in [0, 0.05) is 37.5 Å². The molecule has 2 aromatic rings. The summed E-state index contributed by atoms with van der Waals surface area (Å²) in [6.45, 7) is 2.45. The lowest BCUT2D eigenvalue weighted by Gasteiger charge is -2.64. The van der Waals surface area contributed by atoms with E-state index in [9.17, 15) is 9.59 Å². The number of fused-ring (bicyclic) bond motifs is 1. The average molecular weight is 514 g/mol. The molecule has 1 saturated heterocycles. The van der Waals surface area contributed by atoms with Crippen LogP contribution in [-0.2, 0) is 32.7 Å². The van der Waals surface area contributed by atoms with Crippen LogP contribution < -0.4 is 9.47 Å². The molecule has 0 spiro atoms. The molecule has 7 nitrogen and oxygen atoms in total. The number of rotatable bonds is 6. The lowest BCUT2D eigenvalue weighted by Crippen LogP contribution is -2.74. The van der Waals surface area contributed by atoms with Gasteiger partial charge in [0.25, 0.3) is 0 Å². The zero-order chi connectivity index (χ0) is 25.5. The number of Topliss-reactive ketones (excluding diaryl/α,β-unsaturated/α-hetero) is 1. The fourth-order valence-corrected chi connectivity index (χ4v) is 6.84. The average Bonchev–Trinajstić information content (AvgIpc) is 2.87. The number of alkyl halides is 1. The van der Waals surface area contributed by atoms with E-state index in [1.54, 1.807) is 26.0 Å². The predicted molar refractivity (Wildman–Crippen MR) is 135 cm³/mol. The number of piperidine rings is 1. The van der Waals surface area contributed by atoms with Crippen LogP contribution in [0.5, 0.6) is 11.5 Å². The van der Waals surface area contributed by atoms with E-state index >= 15 is 0 Å². The number of ketones is 1. The van der Waals surface area contributed by atoms with E-state index in [0.717, 1.165) is 16.7 Å². The molecule has 1 amide bonds. The molecule has 5 rings (SSSR count). The summed E-state index contributed by atoms with van der Waals surface area (Å²) in [5.74, 6) is 1.47. The van der Waals surface area contributed by atoms with Crippen LogP contribution >= 0.6 is 11.6 Å². The number of carbonyl (C=O) groups is 2. The van der Waals surface area contributed by atoms with Crippen molar-refractivity contribution >= 4 is 23.5 Å². The minimum absolute atomic E-state index is 0.192. The Morgan fingerprint density at radius 3 is 2.64 bits per heavy atom. The molecular formula is C28H32ClNO6. The molecule has 36 heavy (non-hydrogen) atoms. The molecule has 2 aromatic carbocycles. The molecule has 1 saturated carbocycles. The molecule has 2 bridgehead atoms. The Morgan fingerprint density at radius 1 is 1.17 bits per heavy atom. The van der Waals surface area contributed by atoms with Gasteiger partial charge in [-0.1, -0.05) is 48.0 Å². The number of carbonyl (C=O) groups excluding carboxylic acids is 2. The molecule has 0 N–H and O–H groups in total. The van der Waals surface area contributed by atoms with Gasteiger partial charge in [0.05, 0.1) is 18.8 Å². The van der Waals surface area contributed by atoms with Crippen LogP contribution in [0.25, 0.3) is 0 Å². The van der Waals surface area contributed by atoms with Gasteiger partial charge in [-0.15, -0.1) is 0 Å². The first-order valence-corrected chi connectivity index (χ1v) is 12.8. The molecule has 0 aromatic heterocycles. The third-order valence-corrected chi connectivity index (χ3v) is 8.27. The Labute approximate surface area is 216 Å².